The summed E-state index contributed by atoms with van der Waals surface area (Å²) in [5.74, 6) is 1.02. The van der Waals surface area contributed by atoms with Crippen molar-refractivity contribution in [1.82, 2.24) is 5.32 Å². The maximum absolute atomic E-state index is 4.82. The molecule has 21 heavy (non-hydrogen) atoms. The Morgan fingerprint density at radius 1 is 1.10 bits per heavy atom. The summed E-state index contributed by atoms with van der Waals surface area (Å²) in [5.41, 5.74) is 3.95. The number of rotatable bonds is 3. The number of nitrogens with zero attached hydrogens (tertiary/aromatic N) is 1. The Balaban J connectivity index is 1.70. The highest BCUT2D eigenvalue weighted by atomic mass is 32.2. The molecule has 0 aromatic heterocycles. The monoisotopic (exact) mass is 296 g/mol. The van der Waals surface area contributed by atoms with E-state index in [0.717, 1.165) is 10.9 Å². The van der Waals surface area contributed by atoms with Crippen molar-refractivity contribution in [3.63, 3.8) is 0 Å². The minimum absolute atomic E-state index is 0.280. The molecule has 3 heteroatoms. The van der Waals surface area contributed by atoms with Crippen molar-refractivity contribution in [3.05, 3.63) is 71.3 Å². The Kier molecular flexibility index (Phi) is 4.30. The minimum Gasteiger partial charge on any atom is -0.358 e. The average Bonchev–Trinajstić information content (AvgIpc) is 2.97. The third-order valence-electron chi connectivity index (χ3n) is 3.83. The number of hydrogen-bond acceptors (Lipinski definition) is 3. The standard InChI is InChI=1S/C18H20N2S/c1-13-8-6-7-11-16(13)14(2)19-18-20-17(12-21-18)15-9-4-3-5-10-15/h3-11,14,17H,12H2,1-2H3,(H,19,20). The van der Waals surface area contributed by atoms with Gasteiger partial charge in [-0.2, -0.15) is 0 Å². The number of nitrogens with one attached hydrogen (secondary N) is 1. The molecule has 0 fully saturated rings. The Labute approximate surface area is 130 Å². The van der Waals surface area contributed by atoms with E-state index in [2.05, 4.69) is 73.8 Å². The molecule has 3 rings (SSSR count). The molecule has 0 radical (unpaired) electrons. The topological polar surface area (TPSA) is 24.4 Å². The molecule has 0 amide bonds. The minimum atomic E-state index is 0.280. The first kappa shape index (κ1) is 14.2. The highest BCUT2D eigenvalue weighted by Crippen LogP contribution is 2.30. The predicted molar refractivity (Wildman–Crippen MR) is 91.8 cm³/mol. The van der Waals surface area contributed by atoms with Gasteiger partial charge >= 0.3 is 0 Å². The van der Waals surface area contributed by atoms with E-state index >= 15 is 0 Å². The van der Waals surface area contributed by atoms with Crippen LogP contribution in [0.2, 0.25) is 0 Å². The number of aliphatic imine (C=N–C) groups is 1. The number of aryl methyl sites for hydroxylation is 1. The molecule has 2 aromatic carbocycles. The summed E-state index contributed by atoms with van der Waals surface area (Å²) in [5, 5.41) is 4.60. The number of thioether (sulfide) groups is 1. The van der Waals surface area contributed by atoms with Gasteiger partial charge in [-0.1, -0.05) is 66.4 Å². The molecule has 0 saturated carbocycles. The second kappa shape index (κ2) is 6.35. The Hall–Kier alpha value is -1.74. The van der Waals surface area contributed by atoms with E-state index in [1.54, 1.807) is 0 Å². The van der Waals surface area contributed by atoms with Crippen molar-refractivity contribution in [2.75, 3.05) is 5.75 Å². The normalized spacial score (nSPS) is 19.1. The maximum atomic E-state index is 4.82. The van der Waals surface area contributed by atoms with Crippen LogP contribution in [0.4, 0.5) is 0 Å². The second-order valence-electron chi connectivity index (χ2n) is 5.39. The van der Waals surface area contributed by atoms with Crippen LogP contribution in [0.15, 0.2) is 59.6 Å². The van der Waals surface area contributed by atoms with Crippen LogP contribution in [0.5, 0.6) is 0 Å². The van der Waals surface area contributed by atoms with Gasteiger partial charge in [0.25, 0.3) is 0 Å². The van der Waals surface area contributed by atoms with Crippen molar-refractivity contribution in [1.29, 1.82) is 0 Å². The molecular weight excluding hydrogens is 276 g/mol. The van der Waals surface area contributed by atoms with Crippen LogP contribution in [-0.4, -0.2) is 10.9 Å². The Morgan fingerprint density at radius 2 is 1.81 bits per heavy atom. The smallest absolute Gasteiger partial charge is 0.157 e. The lowest BCUT2D eigenvalue weighted by Crippen LogP contribution is -2.23. The molecule has 0 saturated heterocycles. The molecular formula is C18H20N2S. The van der Waals surface area contributed by atoms with Crippen LogP contribution in [0.3, 0.4) is 0 Å². The van der Waals surface area contributed by atoms with E-state index in [0.29, 0.717) is 0 Å². The summed E-state index contributed by atoms with van der Waals surface area (Å²) in [4.78, 5) is 4.82. The summed E-state index contributed by atoms with van der Waals surface area (Å²) in [7, 11) is 0. The summed E-state index contributed by atoms with van der Waals surface area (Å²) in [6, 6.07) is 19.6. The van der Waals surface area contributed by atoms with Gasteiger partial charge in [-0.15, -0.1) is 0 Å². The maximum Gasteiger partial charge on any atom is 0.157 e. The van der Waals surface area contributed by atoms with Gasteiger partial charge in [-0.05, 0) is 30.5 Å². The van der Waals surface area contributed by atoms with Crippen molar-refractivity contribution >= 4 is 16.9 Å². The SMILES string of the molecule is Cc1ccccc1C(C)NC1=NC(c2ccccc2)CS1. The fourth-order valence-corrected chi connectivity index (χ4v) is 3.68. The lowest BCUT2D eigenvalue weighted by molar-refractivity contribution is 0.712. The highest BCUT2D eigenvalue weighted by Gasteiger charge is 2.21. The van der Waals surface area contributed by atoms with Crippen molar-refractivity contribution in [2.24, 2.45) is 4.99 Å². The zero-order valence-electron chi connectivity index (χ0n) is 12.4. The van der Waals surface area contributed by atoms with Crippen LogP contribution < -0.4 is 5.32 Å². The number of amidine groups is 1. The van der Waals surface area contributed by atoms with Crippen LogP contribution >= 0.6 is 11.8 Å². The predicted octanol–water partition coefficient (Wildman–Crippen LogP) is 4.49. The molecule has 2 nitrogen and oxygen atoms in total. The van der Waals surface area contributed by atoms with Gasteiger partial charge in [0.2, 0.25) is 0 Å². The fourth-order valence-electron chi connectivity index (χ4n) is 2.63. The zero-order valence-corrected chi connectivity index (χ0v) is 13.2. The molecule has 1 N–H and O–H groups in total. The summed E-state index contributed by atoms with van der Waals surface area (Å²) >= 11 is 1.81. The molecule has 1 aliphatic rings. The van der Waals surface area contributed by atoms with Crippen molar-refractivity contribution in [3.8, 4) is 0 Å². The second-order valence-corrected chi connectivity index (χ2v) is 6.40. The lowest BCUT2D eigenvalue weighted by Gasteiger charge is -2.16. The van der Waals surface area contributed by atoms with Crippen LogP contribution in [0.25, 0.3) is 0 Å². The highest BCUT2D eigenvalue weighted by molar-refractivity contribution is 8.14. The molecule has 0 spiro atoms. The third-order valence-corrected chi connectivity index (χ3v) is 4.81. The van der Waals surface area contributed by atoms with E-state index < -0.39 is 0 Å². The quantitative estimate of drug-likeness (QED) is 0.902. The fraction of sp³-hybridized carbons (Fsp3) is 0.278. The summed E-state index contributed by atoms with van der Waals surface area (Å²) in [6.45, 7) is 4.35. The Morgan fingerprint density at radius 3 is 2.57 bits per heavy atom. The van der Waals surface area contributed by atoms with E-state index in [4.69, 9.17) is 4.99 Å². The van der Waals surface area contributed by atoms with E-state index in [1.165, 1.54) is 16.7 Å². The first-order chi connectivity index (χ1) is 10.2. The van der Waals surface area contributed by atoms with Crippen LogP contribution in [0, 0.1) is 6.92 Å². The van der Waals surface area contributed by atoms with Gasteiger partial charge in [0.1, 0.15) is 0 Å². The van der Waals surface area contributed by atoms with Crippen LogP contribution in [0.1, 0.15) is 35.7 Å². The Bertz CT molecular complexity index is 637. The van der Waals surface area contributed by atoms with Gasteiger partial charge in [0.15, 0.2) is 5.17 Å². The molecule has 1 heterocycles. The van der Waals surface area contributed by atoms with Gasteiger partial charge in [0.05, 0.1) is 12.1 Å². The molecule has 0 aliphatic carbocycles. The van der Waals surface area contributed by atoms with E-state index in [9.17, 15) is 0 Å². The summed E-state index contributed by atoms with van der Waals surface area (Å²) in [6.07, 6.45) is 0. The molecule has 0 bridgehead atoms. The van der Waals surface area contributed by atoms with Gasteiger partial charge in [0, 0.05) is 5.75 Å². The first-order valence-electron chi connectivity index (χ1n) is 7.31. The van der Waals surface area contributed by atoms with Gasteiger partial charge in [-0.25, -0.2) is 0 Å². The molecule has 1 aliphatic heterocycles. The molecule has 108 valence electrons. The average molecular weight is 296 g/mol. The molecule has 2 unspecified atom stereocenters. The van der Waals surface area contributed by atoms with Gasteiger partial charge in [-0.3, -0.25) is 4.99 Å². The van der Waals surface area contributed by atoms with E-state index in [1.807, 2.05) is 11.8 Å². The largest absolute Gasteiger partial charge is 0.358 e. The van der Waals surface area contributed by atoms with E-state index in [-0.39, 0.29) is 12.1 Å². The number of benzene rings is 2. The molecule has 2 atom stereocenters. The van der Waals surface area contributed by atoms with Crippen molar-refractivity contribution in [2.45, 2.75) is 25.9 Å². The number of hydrogen-bond donors (Lipinski definition) is 1. The first-order valence-corrected chi connectivity index (χ1v) is 8.30. The summed E-state index contributed by atoms with van der Waals surface area (Å²) < 4.78 is 0. The molecule has 2 aromatic rings. The third kappa shape index (κ3) is 3.30. The lowest BCUT2D eigenvalue weighted by atomic mass is 10.0. The van der Waals surface area contributed by atoms with Crippen molar-refractivity contribution < 1.29 is 0 Å². The zero-order chi connectivity index (χ0) is 14.7. The van der Waals surface area contributed by atoms with Crippen LogP contribution in [-0.2, 0) is 0 Å². The van der Waals surface area contributed by atoms with Gasteiger partial charge < -0.3 is 5.32 Å².